The number of hydrogen-bond acceptors (Lipinski definition) is 4. The first-order valence-corrected chi connectivity index (χ1v) is 8.75. The highest BCUT2D eigenvalue weighted by Gasteiger charge is 2.12. The summed E-state index contributed by atoms with van der Waals surface area (Å²) < 4.78 is 12.9. The Balaban J connectivity index is 1.71. The molecule has 2 aromatic carbocycles. The zero-order valence-corrected chi connectivity index (χ0v) is 15.1. The van der Waals surface area contributed by atoms with Crippen LogP contribution in [0.4, 0.5) is 0 Å². The molecule has 0 fully saturated rings. The van der Waals surface area contributed by atoms with Crippen LogP contribution in [-0.2, 0) is 4.74 Å². The molecule has 0 radical (unpaired) electrons. The minimum absolute atomic E-state index is 0.0417. The van der Waals surface area contributed by atoms with E-state index in [0.29, 0.717) is 0 Å². The number of hydrogen-bond donors (Lipinski definition) is 0. The second-order valence-electron chi connectivity index (χ2n) is 6.62. The van der Waals surface area contributed by atoms with E-state index in [0.717, 1.165) is 33.5 Å². The molecule has 4 aromatic rings. The highest BCUT2D eigenvalue weighted by molar-refractivity contribution is 5.78. The van der Waals surface area contributed by atoms with Crippen LogP contribution in [0.2, 0.25) is 0 Å². The first-order valence-electron chi connectivity index (χ1n) is 8.75. The van der Waals surface area contributed by atoms with Gasteiger partial charge in [0.25, 0.3) is 0 Å². The van der Waals surface area contributed by atoms with Crippen molar-refractivity contribution in [2.45, 2.75) is 33.0 Å². The molecule has 0 amide bonds. The molecular weight excluding hydrogens is 326 g/mol. The molecule has 132 valence electrons. The van der Waals surface area contributed by atoms with Crippen LogP contribution in [0.5, 0.6) is 0 Å². The molecular formula is C21H21N3O2. The van der Waals surface area contributed by atoms with E-state index in [-0.39, 0.29) is 12.2 Å². The number of ether oxygens (including phenoxy) is 1. The van der Waals surface area contributed by atoms with Crippen LogP contribution in [0, 0.1) is 0 Å². The van der Waals surface area contributed by atoms with Gasteiger partial charge in [0.2, 0.25) is 0 Å². The van der Waals surface area contributed by atoms with Gasteiger partial charge in [-0.3, -0.25) is 4.57 Å². The van der Waals surface area contributed by atoms with E-state index in [4.69, 9.17) is 9.26 Å². The topological polar surface area (TPSA) is 53.1 Å². The molecule has 1 atom stereocenters. The number of rotatable bonds is 5. The van der Waals surface area contributed by atoms with Crippen molar-refractivity contribution in [2.24, 2.45) is 0 Å². The molecule has 1 unspecified atom stereocenters. The number of fused-ring (bicyclic) bond motifs is 1. The van der Waals surface area contributed by atoms with E-state index in [1.54, 1.807) is 6.26 Å². The average Bonchev–Trinajstić information content (AvgIpc) is 3.30. The summed E-state index contributed by atoms with van der Waals surface area (Å²) in [5.74, 6) is 0. The second kappa shape index (κ2) is 6.77. The van der Waals surface area contributed by atoms with Gasteiger partial charge in [0.1, 0.15) is 18.3 Å². The molecule has 4 rings (SSSR count). The van der Waals surface area contributed by atoms with Gasteiger partial charge in [0, 0.05) is 17.3 Å². The molecule has 0 saturated heterocycles. The van der Waals surface area contributed by atoms with Crippen molar-refractivity contribution in [2.75, 3.05) is 0 Å². The van der Waals surface area contributed by atoms with Gasteiger partial charge in [-0.1, -0.05) is 23.4 Å². The number of nitrogens with zero attached hydrogens (tertiary/aromatic N) is 3. The van der Waals surface area contributed by atoms with Crippen molar-refractivity contribution in [3.8, 4) is 16.9 Å². The fourth-order valence-corrected chi connectivity index (χ4v) is 3.15. The van der Waals surface area contributed by atoms with Crippen LogP contribution in [-0.4, -0.2) is 20.8 Å². The molecule has 0 aliphatic carbocycles. The zero-order valence-electron chi connectivity index (χ0n) is 15.1. The Morgan fingerprint density at radius 1 is 1.04 bits per heavy atom. The van der Waals surface area contributed by atoms with Crippen molar-refractivity contribution >= 4 is 11.0 Å². The van der Waals surface area contributed by atoms with Crippen molar-refractivity contribution in [1.29, 1.82) is 0 Å². The molecule has 0 aliphatic heterocycles. The van der Waals surface area contributed by atoms with Gasteiger partial charge >= 0.3 is 0 Å². The number of aromatic nitrogens is 3. The highest BCUT2D eigenvalue weighted by atomic mass is 16.5. The van der Waals surface area contributed by atoms with Crippen molar-refractivity contribution in [1.82, 2.24) is 14.7 Å². The summed E-state index contributed by atoms with van der Waals surface area (Å²) in [4.78, 5) is 4.58. The van der Waals surface area contributed by atoms with Crippen LogP contribution in [0.1, 0.15) is 32.4 Å². The summed E-state index contributed by atoms with van der Waals surface area (Å²) in [5.41, 5.74) is 6.00. The monoisotopic (exact) mass is 347 g/mol. The Hall–Kier alpha value is -2.92. The molecule has 0 N–H and O–H groups in total. The van der Waals surface area contributed by atoms with Crippen LogP contribution < -0.4 is 0 Å². The van der Waals surface area contributed by atoms with Gasteiger partial charge in [-0.2, -0.15) is 0 Å². The number of benzene rings is 2. The standard InChI is InChI=1S/C21H21N3O2/c1-14(2)26-15(3)16-7-8-21-20(12-16)22-13-24(21)18-6-4-5-17(11-18)19-9-10-25-23-19/h4-15H,1-3H3. The van der Waals surface area contributed by atoms with Crippen LogP contribution >= 0.6 is 0 Å². The van der Waals surface area contributed by atoms with Gasteiger partial charge in [0.05, 0.1) is 23.2 Å². The summed E-state index contributed by atoms with van der Waals surface area (Å²) in [7, 11) is 0. The third kappa shape index (κ3) is 3.13. The maximum absolute atomic E-state index is 5.88. The third-order valence-electron chi connectivity index (χ3n) is 4.37. The first-order chi connectivity index (χ1) is 12.6. The minimum Gasteiger partial charge on any atom is -0.371 e. The van der Waals surface area contributed by atoms with E-state index in [2.05, 4.69) is 52.0 Å². The lowest BCUT2D eigenvalue weighted by atomic mass is 10.1. The van der Waals surface area contributed by atoms with E-state index >= 15 is 0 Å². The predicted octanol–water partition coefficient (Wildman–Crippen LogP) is 5.17. The Kier molecular flexibility index (Phi) is 4.31. The maximum atomic E-state index is 5.88. The fourth-order valence-electron chi connectivity index (χ4n) is 3.15. The van der Waals surface area contributed by atoms with E-state index in [1.165, 1.54) is 0 Å². The average molecular weight is 347 g/mol. The van der Waals surface area contributed by atoms with Crippen molar-refractivity contribution in [3.63, 3.8) is 0 Å². The van der Waals surface area contributed by atoms with E-state index in [9.17, 15) is 0 Å². The molecule has 2 aromatic heterocycles. The minimum atomic E-state index is 0.0417. The lowest BCUT2D eigenvalue weighted by molar-refractivity contribution is 0.0179. The van der Waals surface area contributed by atoms with Gasteiger partial charge in [-0.15, -0.1) is 0 Å². The van der Waals surface area contributed by atoms with Crippen molar-refractivity contribution < 1.29 is 9.26 Å². The Morgan fingerprint density at radius 3 is 2.69 bits per heavy atom. The zero-order chi connectivity index (χ0) is 18.1. The first kappa shape index (κ1) is 16.5. The second-order valence-corrected chi connectivity index (χ2v) is 6.62. The Bertz CT molecular complexity index is 1020. The van der Waals surface area contributed by atoms with Crippen LogP contribution in [0.15, 0.2) is 65.6 Å². The lowest BCUT2D eigenvalue weighted by Crippen LogP contribution is -2.07. The molecule has 26 heavy (non-hydrogen) atoms. The van der Waals surface area contributed by atoms with E-state index < -0.39 is 0 Å². The third-order valence-corrected chi connectivity index (χ3v) is 4.37. The quantitative estimate of drug-likeness (QED) is 0.500. The summed E-state index contributed by atoms with van der Waals surface area (Å²) in [6, 6.07) is 16.3. The highest BCUT2D eigenvalue weighted by Crippen LogP contribution is 2.26. The maximum Gasteiger partial charge on any atom is 0.124 e. The largest absolute Gasteiger partial charge is 0.371 e. The van der Waals surface area contributed by atoms with Crippen molar-refractivity contribution in [3.05, 3.63) is 66.7 Å². The van der Waals surface area contributed by atoms with Gasteiger partial charge in [-0.25, -0.2) is 4.98 Å². The number of imidazole rings is 1. The van der Waals surface area contributed by atoms with Crippen LogP contribution in [0.3, 0.4) is 0 Å². The molecule has 0 bridgehead atoms. The molecule has 0 aliphatic rings. The molecule has 0 saturated carbocycles. The van der Waals surface area contributed by atoms with Gasteiger partial charge in [0.15, 0.2) is 0 Å². The van der Waals surface area contributed by atoms with Crippen LogP contribution in [0.25, 0.3) is 28.0 Å². The lowest BCUT2D eigenvalue weighted by Gasteiger charge is -2.16. The summed E-state index contributed by atoms with van der Waals surface area (Å²) in [6.45, 7) is 6.16. The molecule has 5 nitrogen and oxygen atoms in total. The molecule has 0 spiro atoms. The SMILES string of the molecule is CC(C)OC(C)c1ccc2c(c1)ncn2-c1cccc(-c2ccon2)c1. The predicted molar refractivity (Wildman–Crippen MR) is 101 cm³/mol. The summed E-state index contributed by atoms with van der Waals surface area (Å²) >= 11 is 0. The summed E-state index contributed by atoms with van der Waals surface area (Å²) in [6.07, 6.45) is 3.67. The molecule has 5 heteroatoms. The molecule has 2 heterocycles. The Labute approximate surface area is 152 Å². The van der Waals surface area contributed by atoms with E-state index in [1.807, 2.05) is 38.4 Å². The van der Waals surface area contributed by atoms with Gasteiger partial charge < -0.3 is 9.26 Å². The Morgan fingerprint density at radius 2 is 1.92 bits per heavy atom. The fraction of sp³-hybridized carbons (Fsp3) is 0.238. The normalized spacial score (nSPS) is 12.8. The summed E-state index contributed by atoms with van der Waals surface area (Å²) in [5, 5.41) is 4.01. The van der Waals surface area contributed by atoms with Gasteiger partial charge in [-0.05, 0) is 50.6 Å². The smallest absolute Gasteiger partial charge is 0.124 e.